The summed E-state index contributed by atoms with van der Waals surface area (Å²) in [6.45, 7) is 1.25. The monoisotopic (exact) mass is 460 g/mol. The molecule has 174 valence electrons. The van der Waals surface area contributed by atoms with Crippen molar-refractivity contribution in [3.05, 3.63) is 81.7 Å². The lowest BCUT2D eigenvalue weighted by Gasteiger charge is -2.18. The molecule has 33 heavy (non-hydrogen) atoms. The van der Waals surface area contributed by atoms with Crippen LogP contribution in [0.1, 0.15) is 41.3 Å². The van der Waals surface area contributed by atoms with Gasteiger partial charge in [-0.15, -0.1) is 0 Å². The zero-order chi connectivity index (χ0) is 23.6. The van der Waals surface area contributed by atoms with Gasteiger partial charge in [0, 0.05) is 31.2 Å². The molecule has 1 aliphatic rings. The molecule has 1 unspecified atom stereocenters. The number of carboxylic acid groups (broad SMARTS) is 1. The van der Waals surface area contributed by atoms with Crippen molar-refractivity contribution in [1.82, 2.24) is 14.1 Å². The number of pyridine rings is 1. The van der Waals surface area contributed by atoms with Crippen molar-refractivity contribution in [2.75, 3.05) is 11.9 Å². The fraction of sp³-hybridized carbons (Fsp3) is 0.348. The molecule has 0 radical (unpaired) electrons. The van der Waals surface area contributed by atoms with E-state index in [-0.39, 0.29) is 5.56 Å². The number of imidazole rings is 1. The average Bonchev–Trinajstić information content (AvgIpc) is 3.38. The molecule has 0 fully saturated rings. The van der Waals surface area contributed by atoms with E-state index in [4.69, 9.17) is 0 Å². The minimum atomic E-state index is -4.57. The number of hydrogen-bond donors (Lipinski definition) is 2. The second-order valence-corrected chi connectivity index (χ2v) is 8.01. The number of carboxylic acids is 1. The molecular formula is C23H23F3N4O3. The summed E-state index contributed by atoms with van der Waals surface area (Å²) in [5.74, 6) is -0.318. The highest BCUT2D eigenvalue weighted by Crippen LogP contribution is 2.32. The van der Waals surface area contributed by atoms with E-state index < -0.39 is 35.9 Å². The van der Waals surface area contributed by atoms with E-state index in [1.807, 2.05) is 12.1 Å². The predicted molar refractivity (Wildman–Crippen MR) is 115 cm³/mol. The third kappa shape index (κ3) is 5.10. The van der Waals surface area contributed by atoms with Gasteiger partial charge in [-0.2, -0.15) is 13.2 Å². The first kappa shape index (κ1) is 22.6. The fourth-order valence-electron chi connectivity index (χ4n) is 4.07. The topological polar surface area (TPSA) is 89.2 Å². The highest BCUT2D eigenvalue weighted by Gasteiger charge is 2.31. The molecule has 0 bridgehead atoms. The lowest BCUT2D eigenvalue weighted by Crippen LogP contribution is -2.29. The minimum Gasteiger partial charge on any atom is -0.481 e. The fourth-order valence-corrected chi connectivity index (χ4v) is 4.07. The van der Waals surface area contributed by atoms with Gasteiger partial charge in [-0.25, -0.2) is 9.78 Å². The second-order valence-electron chi connectivity index (χ2n) is 8.01. The number of anilines is 1. The van der Waals surface area contributed by atoms with Crippen molar-refractivity contribution in [1.29, 1.82) is 0 Å². The Morgan fingerprint density at radius 3 is 2.79 bits per heavy atom. The summed E-state index contributed by atoms with van der Waals surface area (Å²) >= 11 is 0. The molecule has 0 saturated heterocycles. The molecule has 0 amide bonds. The zero-order valence-electron chi connectivity index (χ0n) is 17.7. The molecule has 10 heteroatoms. The predicted octanol–water partition coefficient (Wildman–Crippen LogP) is 3.73. The lowest BCUT2D eigenvalue weighted by atomic mass is 10.0. The lowest BCUT2D eigenvalue weighted by molar-refractivity contribution is -0.138. The zero-order valence-corrected chi connectivity index (χ0v) is 17.7. The van der Waals surface area contributed by atoms with E-state index >= 15 is 0 Å². The molecule has 0 aliphatic carbocycles. The Morgan fingerprint density at radius 1 is 1.21 bits per heavy atom. The number of halogens is 3. The van der Waals surface area contributed by atoms with Gasteiger partial charge in [0.25, 0.3) is 0 Å². The van der Waals surface area contributed by atoms with E-state index in [2.05, 4.69) is 10.3 Å². The molecular weight excluding hydrogens is 437 g/mol. The molecule has 2 aromatic heterocycles. The number of aryl methyl sites for hydroxylation is 2. The number of fused-ring (bicyclic) bond motifs is 1. The van der Waals surface area contributed by atoms with Crippen LogP contribution in [0, 0.1) is 0 Å². The summed E-state index contributed by atoms with van der Waals surface area (Å²) in [5, 5.41) is 12.5. The summed E-state index contributed by atoms with van der Waals surface area (Å²) in [6, 6.07) is 7.39. The molecule has 1 atom stereocenters. The van der Waals surface area contributed by atoms with Crippen LogP contribution in [0.3, 0.4) is 0 Å². The third-order valence-corrected chi connectivity index (χ3v) is 5.73. The Labute approximate surface area is 187 Å². The van der Waals surface area contributed by atoms with Gasteiger partial charge >= 0.3 is 17.8 Å². The van der Waals surface area contributed by atoms with E-state index in [9.17, 15) is 27.9 Å². The van der Waals surface area contributed by atoms with Crippen LogP contribution in [-0.2, 0) is 30.4 Å². The summed E-state index contributed by atoms with van der Waals surface area (Å²) in [7, 11) is 0. The highest BCUT2D eigenvalue weighted by atomic mass is 19.4. The Hall–Kier alpha value is -3.56. The van der Waals surface area contributed by atoms with Crippen LogP contribution in [0.4, 0.5) is 19.0 Å². The molecule has 7 nitrogen and oxygen atoms in total. The highest BCUT2D eigenvalue weighted by molar-refractivity contribution is 5.68. The first-order chi connectivity index (χ1) is 15.7. The van der Waals surface area contributed by atoms with Crippen LogP contribution >= 0.6 is 0 Å². The number of aliphatic carboxylic acids is 1. The van der Waals surface area contributed by atoms with Crippen LogP contribution < -0.4 is 11.0 Å². The Balaban J connectivity index is 1.51. The van der Waals surface area contributed by atoms with Gasteiger partial charge in [-0.3, -0.25) is 13.9 Å². The van der Waals surface area contributed by atoms with E-state index in [0.29, 0.717) is 19.4 Å². The normalized spacial score (nSPS) is 14.0. The number of benzene rings is 1. The maximum atomic E-state index is 13.1. The van der Waals surface area contributed by atoms with E-state index in [1.165, 1.54) is 39.2 Å². The van der Waals surface area contributed by atoms with Gasteiger partial charge in [0.15, 0.2) is 0 Å². The van der Waals surface area contributed by atoms with Crippen LogP contribution in [-0.4, -0.2) is 31.7 Å². The van der Waals surface area contributed by atoms with Gasteiger partial charge < -0.3 is 10.4 Å². The van der Waals surface area contributed by atoms with Gasteiger partial charge in [0.1, 0.15) is 5.82 Å². The van der Waals surface area contributed by atoms with Crippen LogP contribution in [0.25, 0.3) is 0 Å². The molecule has 3 aromatic rings. The number of nitrogens with zero attached hydrogens (tertiary/aromatic N) is 3. The maximum Gasteiger partial charge on any atom is 0.416 e. The van der Waals surface area contributed by atoms with Crippen molar-refractivity contribution >= 4 is 11.8 Å². The van der Waals surface area contributed by atoms with Crippen molar-refractivity contribution in [3.8, 4) is 0 Å². The largest absolute Gasteiger partial charge is 0.481 e. The molecule has 2 N–H and O–H groups in total. The van der Waals surface area contributed by atoms with Gasteiger partial charge in [-0.1, -0.05) is 18.2 Å². The Kier molecular flexibility index (Phi) is 6.26. The first-order valence-electron chi connectivity index (χ1n) is 10.6. The summed E-state index contributed by atoms with van der Waals surface area (Å²) in [4.78, 5) is 28.9. The van der Waals surface area contributed by atoms with Crippen LogP contribution in [0.5, 0.6) is 0 Å². The first-order valence-corrected chi connectivity index (χ1v) is 10.6. The number of nitrogens with one attached hydrogen (secondary N) is 1. The third-order valence-electron chi connectivity index (χ3n) is 5.73. The van der Waals surface area contributed by atoms with Gasteiger partial charge in [0.05, 0.1) is 18.0 Å². The molecule has 0 saturated carbocycles. The molecule has 4 rings (SSSR count). The summed E-state index contributed by atoms with van der Waals surface area (Å²) in [5.41, 5.74) is 0.845. The summed E-state index contributed by atoms with van der Waals surface area (Å²) < 4.78 is 42.0. The van der Waals surface area contributed by atoms with Crippen LogP contribution in [0.15, 0.2) is 53.6 Å². The quantitative estimate of drug-likeness (QED) is 0.535. The SMILES string of the molecule is O=C(O)CC(c1cccc(C(F)(F)F)c1)n1ccn(CCCc2ccc3c(n2)NCC3)c1=O. The van der Waals surface area contributed by atoms with Crippen molar-refractivity contribution in [2.24, 2.45) is 0 Å². The van der Waals surface area contributed by atoms with Crippen molar-refractivity contribution in [3.63, 3.8) is 0 Å². The van der Waals surface area contributed by atoms with Gasteiger partial charge in [-0.05, 0) is 48.6 Å². The molecule has 0 spiro atoms. The number of rotatable bonds is 8. The standard InChI is InChI=1S/C23H23F3N4O3/c24-23(25,26)17-4-1-3-16(13-17)19(14-20(31)32)30-12-11-29(22(30)33)10-2-5-18-7-6-15-8-9-27-21(15)28-18/h1,3-4,6-7,11-13,19H,2,5,8-10,14H2,(H,27,28)(H,31,32). The maximum absolute atomic E-state index is 13.1. The molecule has 1 aliphatic heterocycles. The van der Waals surface area contributed by atoms with Crippen molar-refractivity contribution in [2.45, 2.75) is 44.4 Å². The van der Waals surface area contributed by atoms with Crippen LogP contribution in [0.2, 0.25) is 0 Å². The average molecular weight is 460 g/mol. The number of aromatic nitrogens is 3. The second kappa shape index (κ2) is 9.13. The summed E-state index contributed by atoms with van der Waals surface area (Å²) in [6.07, 6.45) is 0.103. The number of alkyl halides is 3. The Morgan fingerprint density at radius 2 is 2.03 bits per heavy atom. The number of hydrogen-bond acceptors (Lipinski definition) is 4. The van der Waals surface area contributed by atoms with E-state index in [1.54, 1.807) is 0 Å². The van der Waals surface area contributed by atoms with Gasteiger partial charge in [0.2, 0.25) is 0 Å². The van der Waals surface area contributed by atoms with Crippen molar-refractivity contribution < 1.29 is 23.1 Å². The number of carbonyl (C=O) groups is 1. The molecule has 1 aromatic carbocycles. The Bertz CT molecular complexity index is 1220. The minimum absolute atomic E-state index is 0.113. The van der Waals surface area contributed by atoms with E-state index in [0.717, 1.165) is 36.6 Å². The smallest absolute Gasteiger partial charge is 0.416 e. The molecule has 3 heterocycles.